The molecule has 20 heavy (non-hydrogen) atoms. The van der Waals surface area contributed by atoms with Crippen LogP contribution in [-0.2, 0) is 27.1 Å². The Morgan fingerprint density at radius 3 is 2.50 bits per heavy atom. The van der Waals surface area contributed by atoms with Gasteiger partial charge in [-0.25, -0.2) is 13.1 Å². The van der Waals surface area contributed by atoms with Crippen molar-refractivity contribution in [2.75, 3.05) is 13.2 Å². The molecule has 0 aromatic heterocycles. The molecule has 1 aliphatic heterocycles. The Balaban J connectivity index is 1.89. The maximum Gasteiger partial charge on any atom is 0.215 e. The Kier molecular flexibility index (Phi) is 5.15. The lowest BCUT2D eigenvalue weighted by atomic mass is 10.0. The third-order valence-electron chi connectivity index (χ3n) is 3.71. The van der Waals surface area contributed by atoms with Gasteiger partial charge in [0.2, 0.25) is 10.0 Å². The minimum atomic E-state index is -3.30. The van der Waals surface area contributed by atoms with Gasteiger partial charge in [0, 0.05) is 25.6 Å². The lowest BCUT2D eigenvalue weighted by molar-refractivity contribution is 0.107. The molecule has 112 valence electrons. The molecule has 0 amide bonds. The van der Waals surface area contributed by atoms with Gasteiger partial charge in [0.15, 0.2) is 0 Å². The molecule has 2 unspecified atom stereocenters. The van der Waals surface area contributed by atoms with Crippen molar-refractivity contribution in [3.05, 3.63) is 35.4 Å². The summed E-state index contributed by atoms with van der Waals surface area (Å²) < 4.78 is 32.2. The van der Waals surface area contributed by atoms with E-state index in [0.717, 1.165) is 17.5 Å². The van der Waals surface area contributed by atoms with E-state index in [4.69, 9.17) is 10.5 Å². The van der Waals surface area contributed by atoms with Crippen molar-refractivity contribution in [1.29, 1.82) is 0 Å². The Bertz CT molecular complexity index is 528. The van der Waals surface area contributed by atoms with Crippen LogP contribution in [0, 0.1) is 5.92 Å². The van der Waals surface area contributed by atoms with Crippen LogP contribution in [0.25, 0.3) is 0 Å². The lowest BCUT2D eigenvalue weighted by Crippen LogP contribution is -2.32. The second kappa shape index (κ2) is 6.67. The molecular weight excluding hydrogens is 276 g/mol. The standard InChI is InChI=1S/C14H22N2O3S/c1-11-14(6-7-19-11)9-16-20(17,18)10-13-4-2-12(8-15)3-5-13/h2-5,11,14,16H,6-10,15H2,1H3. The van der Waals surface area contributed by atoms with Gasteiger partial charge in [-0.2, -0.15) is 0 Å². The van der Waals surface area contributed by atoms with E-state index >= 15 is 0 Å². The Morgan fingerprint density at radius 1 is 1.30 bits per heavy atom. The first-order chi connectivity index (χ1) is 9.50. The normalized spacial score (nSPS) is 23.1. The molecule has 1 fully saturated rings. The average Bonchev–Trinajstić information content (AvgIpc) is 2.83. The number of benzene rings is 1. The zero-order chi connectivity index (χ0) is 14.6. The van der Waals surface area contributed by atoms with Gasteiger partial charge in [0.1, 0.15) is 0 Å². The van der Waals surface area contributed by atoms with Crippen LogP contribution >= 0.6 is 0 Å². The summed E-state index contributed by atoms with van der Waals surface area (Å²) in [5.74, 6) is 0.268. The molecule has 0 aliphatic carbocycles. The van der Waals surface area contributed by atoms with Gasteiger partial charge < -0.3 is 10.5 Å². The molecule has 0 radical (unpaired) electrons. The van der Waals surface area contributed by atoms with Gasteiger partial charge in [-0.1, -0.05) is 24.3 Å². The summed E-state index contributed by atoms with van der Waals surface area (Å²) >= 11 is 0. The fraction of sp³-hybridized carbons (Fsp3) is 0.571. The van der Waals surface area contributed by atoms with E-state index < -0.39 is 10.0 Å². The van der Waals surface area contributed by atoms with E-state index in [9.17, 15) is 8.42 Å². The van der Waals surface area contributed by atoms with E-state index in [2.05, 4.69) is 4.72 Å². The Morgan fingerprint density at radius 2 is 1.95 bits per heavy atom. The molecule has 0 bridgehead atoms. The van der Waals surface area contributed by atoms with E-state index in [0.29, 0.717) is 19.7 Å². The molecule has 1 saturated heterocycles. The zero-order valence-corrected chi connectivity index (χ0v) is 12.5. The van der Waals surface area contributed by atoms with E-state index in [1.54, 1.807) is 0 Å². The van der Waals surface area contributed by atoms with Crippen molar-refractivity contribution in [3.8, 4) is 0 Å². The van der Waals surface area contributed by atoms with Gasteiger partial charge in [-0.05, 0) is 24.5 Å². The van der Waals surface area contributed by atoms with Crippen molar-refractivity contribution in [3.63, 3.8) is 0 Å². The number of sulfonamides is 1. The van der Waals surface area contributed by atoms with Gasteiger partial charge in [-0.15, -0.1) is 0 Å². The quantitative estimate of drug-likeness (QED) is 0.820. The van der Waals surface area contributed by atoms with Crippen LogP contribution in [0.4, 0.5) is 0 Å². The fourth-order valence-electron chi connectivity index (χ4n) is 2.32. The lowest BCUT2D eigenvalue weighted by Gasteiger charge is -2.15. The van der Waals surface area contributed by atoms with Crippen LogP contribution in [0.15, 0.2) is 24.3 Å². The van der Waals surface area contributed by atoms with Crippen LogP contribution < -0.4 is 10.5 Å². The minimum Gasteiger partial charge on any atom is -0.378 e. The first kappa shape index (κ1) is 15.4. The summed E-state index contributed by atoms with van der Waals surface area (Å²) in [5, 5.41) is 0. The Hall–Kier alpha value is -0.950. The van der Waals surface area contributed by atoms with Gasteiger partial charge in [0.05, 0.1) is 11.9 Å². The number of rotatable bonds is 6. The third-order valence-corrected chi connectivity index (χ3v) is 5.03. The maximum atomic E-state index is 12.0. The molecule has 0 saturated carbocycles. The highest BCUT2D eigenvalue weighted by molar-refractivity contribution is 7.88. The SMILES string of the molecule is CC1OCCC1CNS(=O)(=O)Cc1ccc(CN)cc1. The van der Waals surface area contributed by atoms with Crippen LogP contribution in [0.5, 0.6) is 0 Å². The molecule has 2 rings (SSSR count). The minimum absolute atomic E-state index is 0.000189. The molecule has 5 nitrogen and oxygen atoms in total. The van der Waals surface area contributed by atoms with Crippen molar-refractivity contribution in [2.24, 2.45) is 11.7 Å². The van der Waals surface area contributed by atoms with E-state index in [-0.39, 0.29) is 17.8 Å². The van der Waals surface area contributed by atoms with Gasteiger partial charge in [0.25, 0.3) is 0 Å². The molecule has 0 spiro atoms. The molecule has 1 aromatic rings. The predicted octanol–water partition coefficient (Wildman–Crippen LogP) is 0.990. The molecular formula is C14H22N2O3S. The van der Waals surface area contributed by atoms with Crippen LogP contribution in [0.1, 0.15) is 24.5 Å². The second-order valence-electron chi connectivity index (χ2n) is 5.25. The summed E-state index contributed by atoms with van der Waals surface area (Å²) in [6.45, 7) is 3.61. The largest absolute Gasteiger partial charge is 0.378 e. The fourth-order valence-corrected chi connectivity index (χ4v) is 3.52. The smallest absolute Gasteiger partial charge is 0.215 e. The number of ether oxygens (including phenoxy) is 1. The summed E-state index contributed by atoms with van der Waals surface area (Å²) in [4.78, 5) is 0. The summed E-state index contributed by atoms with van der Waals surface area (Å²) in [5.41, 5.74) is 7.28. The molecule has 2 atom stereocenters. The summed E-state index contributed by atoms with van der Waals surface area (Å²) in [6, 6.07) is 7.33. The molecule has 1 heterocycles. The summed E-state index contributed by atoms with van der Waals surface area (Å²) in [7, 11) is -3.30. The molecule has 3 N–H and O–H groups in total. The van der Waals surface area contributed by atoms with Crippen LogP contribution in [-0.4, -0.2) is 27.7 Å². The van der Waals surface area contributed by atoms with Crippen molar-refractivity contribution in [1.82, 2.24) is 4.72 Å². The second-order valence-corrected chi connectivity index (χ2v) is 7.06. The molecule has 1 aromatic carbocycles. The first-order valence-corrected chi connectivity index (χ1v) is 8.52. The third kappa shape index (κ3) is 4.28. The first-order valence-electron chi connectivity index (χ1n) is 6.87. The number of nitrogens with one attached hydrogen (secondary N) is 1. The van der Waals surface area contributed by atoms with Crippen LogP contribution in [0.3, 0.4) is 0 Å². The number of hydrogen-bond donors (Lipinski definition) is 2. The Labute approximate surface area is 120 Å². The zero-order valence-electron chi connectivity index (χ0n) is 11.7. The van der Waals surface area contributed by atoms with E-state index in [1.165, 1.54) is 0 Å². The predicted molar refractivity (Wildman–Crippen MR) is 78.5 cm³/mol. The number of hydrogen-bond acceptors (Lipinski definition) is 4. The maximum absolute atomic E-state index is 12.0. The highest BCUT2D eigenvalue weighted by Gasteiger charge is 2.25. The molecule has 6 heteroatoms. The van der Waals surface area contributed by atoms with Crippen molar-refractivity contribution >= 4 is 10.0 Å². The number of nitrogens with two attached hydrogens (primary N) is 1. The topological polar surface area (TPSA) is 81.4 Å². The van der Waals surface area contributed by atoms with Crippen molar-refractivity contribution < 1.29 is 13.2 Å². The highest BCUT2D eigenvalue weighted by atomic mass is 32.2. The van der Waals surface area contributed by atoms with Crippen molar-refractivity contribution in [2.45, 2.75) is 31.7 Å². The summed E-state index contributed by atoms with van der Waals surface area (Å²) in [6.07, 6.45) is 1.04. The van der Waals surface area contributed by atoms with Crippen LogP contribution in [0.2, 0.25) is 0 Å². The average molecular weight is 298 g/mol. The monoisotopic (exact) mass is 298 g/mol. The van der Waals surface area contributed by atoms with E-state index in [1.807, 2.05) is 31.2 Å². The molecule has 1 aliphatic rings. The van der Waals surface area contributed by atoms with Gasteiger partial charge >= 0.3 is 0 Å². The van der Waals surface area contributed by atoms with Gasteiger partial charge in [-0.3, -0.25) is 0 Å². The highest BCUT2D eigenvalue weighted by Crippen LogP contribution is 2.19.